The number of para-hydroxylation sites is 1. The molecule has 2 N–H and O–H groups in total. The number of carboxylic acid groups (broad SMARTS) is 1. The van der Waals surface area contributed by atoms with E-state index in [2.05, 4.69) is 15.9 Å². The molecule has 0 atom stereocenters. The summed E-state index contributed by atoms with van der Waals surface area (Å²) in [6.07, 6.45) is 4.33. The molecular weight excluding hydrogens is 422 g/mol. The van der Waals surface area contributed by atoms with Crippen molar-refractivity contribution >= 4 is 44.5 Å². The van der Waals surface area contributed by atoms with Crippen LogP contribution in [0.4, 0.5) is 0 Å². The van der Waals surface area contributed by atoms with Crippen LogP contribution < -0.4 is 4.74 Å². The summed E-state index contributed by atoms with van der Waals surface area (Å²) >= 11 is 3.34. The summed E-state index contributed by atoms with van der Waals surface area (Å²) in [7, 11) is 1.50. The summed E-state index contributed by atoms with van der Waals surface area (Å²) in [4.78, 5) is 16.8. The number of halogens is 1. The van der Waals surface area contributed by atoms with Gasteiger partial charge in [-0.2, -0.15) is 0 Å². The van der Waals surface area contributed by atoms with Crippen molar-refractivity contribution in [2.75, 3.05) is 7.11 Å². The molecule has 4 rings (SSSR count). The van der Waals surface area contributed by atoms with Gasteiger partial charge >= 0.3 is 5.97 Å². The Kier molecular flexibility index (Phi) is 4.81. The van der Waals surface area contributed by atoms with E-state index in [1.807, 2.05) is 30.3 Å². The summed E-state index contributed by atoms with van der Waals surface area (Å²) in [6.45, 7) is 0. The Morgan fingerprint density at radius 2 is 2.04 bits per heavy atom. The van der Waals surface area contributed by atoms with Gasteiger partial charge in [-0.25, -0.2) is 9.78 Å². The zero-order valence-corrected chi connectivity index (χ0v) is 16.8. The quantitative estimate of drug-likeness (QED) is 0.579. The number of phenols is 1. The second-order valence-corrected chi connectivity index (χ2v) is 7.57. The molecule has 3 aromatic rings. The number of pyridine rings is 1. The van der Waals surface area contributed by atoms with Gasteiger partial charge in [0.15, 0.2) is 11.5 Å². The third-order valence-electron chi connectivity index (χ3n) is 5.00. The van der Waals surface area contributed by atoms with Crippen LogP contribution in [0.5, 0.6) is 11.5 Å². The summed E-state index contributed by atoms with van der Waals surface area (Å²) in [6, 6.07) is 10.9. The van der Waals surface area contributed by atoms with E-state index in [4.69, 9.17) is 9.72 Å². The number of phenolic OH excluding ortho intramolecular Hbond substituents is 1. The van der Waals surface area contributed by atoms with Crippen LogP contribution in [0.25, 0.3) is 22.6 Å². The molecule has 0 saturated carbocycles. The largest absolute Gasteiger partial charge is 0.503 e. The van der Waals surface area contributed by atoms with Gasteiger partial charge in [-0.3, -0.25) is 0 Å². The molecule has 28 heavy (non-hydrogen) atoms. The zero-order chi connectivity index (χ0) is 19.8. The molecule has 0 radical (unpaired) electrons. The molecule has 0 unspecified atom stereocenters. The van der Waals surface area contributed by atoms with Crippen LogP contribution in [-0.4, -0.2) is 28.3 Å². The first-order valence-corrected chi connectivity index (χ1v) is 9.71. The number of nitrogens with zero attached hydrogens (tertiary/aromatic N) is 1. The monoisotopic (exact) mass is 439 g/mol. The van der Waals surface area contributed by atoms with Crippen molar-refractivity contribution in [3.63, 3.8) is 0 Å². The van der Waals surface area contributed by atoms with Gasteiger partial charge in [-0.1, -0.05) is 18.2 Å². The molecule has 142 valence electrons. The van der Waals surface area contributed by atoms with Gasteiger partial charge in [0, 0.05) is 5.39 Å². The Morgan fingerprint density at radius 1 is 1.25 bits per heavy atom. The van der Waals surface area contributed by atoms with Crippen LogP contribution in [0, 0.1) is 0 Å². The van der Waals surface area contributed by atoms with Crippen LogP contribution in [0.15, 0.2) is 40.9 Å². The van der Waals surface area contributed by atoms with Gasteiger partial charge in [0.2, 0.25) is 0 Å². The maximum absolute atomic E-state index is 12.0. The highest BCUT2D eigenvalue weighted by atomic mass is 79.9. The van der Waals surface area contributed by atoms with E-state index in [1.54, 1.807) is 12.1 Å². The third kappa shape index (κ3) is 3.14. The molecule has 0 saturated heterocycles. The number of rotatable bonds is 3. The highest BCUT2D eigenvalue weighted by Crippen LogP contribution is 2.39. The summed E-state index contributed by atoms with van der Waals surface area (Å²) in [5, 5.41) is 20.6. The Labute approximate surface area is 170 Å². The summed E-state index contributed by atoms with van der Waals surface area (Å²) in [5.41, 5.74) is 4.37. The number of benzene rings is 2. The zero-order valence-electron chi connectivity index (χ0n) is 15.2. The van der Waals surface area contributed by atoms with Gasteiger partial charge in [0.05, 0.1) is 28.4 Å². The van der Waals surface area contributed by atoms with E-state index >= 15 is 0 Å². The number of carboxylic acids is 1. The average molecular weight is 440 g/mol. The Hall–Kier alpha value is -2.86. The Morgan fingerprint density at radius 3 is 2.79 bits per heavy atom. The molecule has 0 amide bonds. The van der Waals surface area contributed by atoms with Crippen LogP contribution >= 0.6 is 15.9 Å². The van der Waals surface area contributed by atoms with Crippen LogP contribution in [0.1, 0.15) is 40.0 Å². The van der Waals surface area contributed by atoms with E-state index in [9.17, 15) is 15.0 Å². The number of hydrogen-bond acceptors (Lipinski definition) is 4. The molecule has 2 aromatic carbocycles. The summed E-state index contributed by atoms with van der Waals surface area (Å²) < 4.78 is 5.77. The first kappa shape index (κ1) is 18.5. The van der Waals surface area contributed by atoms with E-state index in [-0.39, 0.29) is 5.75 Å². The molecule has 1 aliphatic rings. The number of aromatic nitrogens is 1. The lowest BCUT2D eigenvalue weighted by Gasteiger charge is -2.21. The van der Waals surface area contributed by atoms with Crippen molar-refractivity contribution < 1.29 is 19.7 Å². The van der Waals surface area contributed by atoms with Crippen molar-refractivity contribution in [2.24, 2.45) is 0 Å². The molecule has 0 bridgehead atoms. The van der Waals surface area contributed by atoms with Crippen LogP contribution in [0.2, 0.25) is 0 Å². The van der Waals surface area contributed by atoms with Gasteiger partial charge in [0.1, 0.15) is 0 Å². The molecule has 1 heterocycles. The molecule has 1 aliphatic carbocycles. The third-order valence-corrected chi connectivity index (χ3v) is 5.60. The fraction of sp³-hybridized carbons (Fsp3) is 0.182. The van der Waals surface area contributed by atoms with Crippen molar-refractivity contribution in [2.45, 2.75) is 19.3 Å². The standard InChI is InChI=1S/C22H18BrNO4/c1-28-18-11-12(10-16(23)21(18)25)9-13-5-4-7-15-19(22(26)27)14-6-2-3-8-17(14)24-20(13)15/h2-3,6,8-11,25H,4-5,7H2,1H3,(H,26,27)/b13-9-. The lowest BCUT2D eigenvalue weighted by molar-refractivity contribution is 0.0697. The number of methoxy groups -OCH3 is 1. The Bertz CT molecular complexity index is 1140. The lowest BCUT2D eigenvalue weighted by atomic mass is 9.86. The minimum atomic E-state index is -0.926. The van der Waals surface area contributed by atoms with Crippen molar-refractivity contribution in [1.82, 2.24) is 4.98 Å². The molecule has 1 aromatic heterocycles. The van der Waals surface area contributed by atoms with Gasteiger partial charge < -0.3 is 14.9 Å². The van der Waals surface area contributed by atoms with Crippen molar-refractivity contribution in [3.8, 4) is 11.5 Å². The van der Waals surface area contributed by atoms with Gasteiger partial charge in [-0.05, 0) is 76.2 Å². The van der Waals surface area contributed by atoms with Crippen LogP contribution in [0.3, 0.4) is 0 Å². The molecular formula is C22H18BrNO4. The number of ether oxygens (including phenoxy) is 1. The number of fused-ring (bicyclic) bond motifs is 2. The number of aromatic carboxylic acids is 1. The number of carbonyl (C=O) groups is 1. The SMILES string of the molecule is COc1cc(/C=C2/CCCc3c2nc2ccccc2c3C(=O)O)cc(Br)c1O. The van der Waals surface area contributed by atoms with E-state index in [0.29, 0.717) is 33.1 Å². The predicted octanol–water partition coefficient (Wildman–Crippen LogP) is 5.29. The van der Waals surface area contributed by atoms with Gasteiger partial charge in [0.25, 0.3) is 0 Å². The second-order valence-electron chi connectivity index (χ2n) is 6.71. The highest BCUT2D eigenvalue weighted by Gasteiger charge is 2.24. The average Bonchev–Trinajstić information content (AvgIpc) is 2.68. The summed E-state index contributed by atoms with van der Waals surface area (Å²) in [5.74, 6) is -0.508. The minimum Gasteiger partial charge on any atom is -0.503 e. The lowest BCUT2D eigenvalue weighted by Crippen LogP contribution is -2.13. The van der Waals surface area contributed by atoms with E-state index in [0.717, 1.165) is 35.2 Å². The predicted molar refractivity (Wildman–Crippen MR) is 112 cm³/mol. The molecule has 0 aliphatic heterocycles. The molecule has 5 nitrogen and oxygen atoms in total. The fourth-order valence-corrected chi connectivity index (χ4v) is 4.21. The molecule has 0 fully saturated rings. The second kappa shape index (κ2) is 7.28. The van der Waals surface area contributed by atoms with E-state index < -0.39 is 5.97 Å². The van der Waals surface area contributed by atoms with Gasteiger partial charge in [-0.15, -0.1) is 0 Å². The molecule has 0 spiro atoms. The molecule has 6 heteroatoms. The number of aromatic hydroxyl groups is 1. The Balaban J connectivity index is 1.94. The van der Waals surface area contributed by atoms with E-state index in [1.165, 1.54) is 7.11 Å². The van der Waals surface area contributed by atoms with Crippen molar-refractivity contribution in [1.29, 1.82) is 0 Å². The normalized spacial score (nSPS) is 14.9. The maximum atomic E-state index is 12.0. The topological polar surface area (TPSA) is 79.7 Å². The fourth-order valence-electron chi connectivity index (χ4n) is 3.75. The highest BCUT2D eigenvalue weighted by molar-refractivity contribution is 9.10. The first-order chi connectivity index (χ1) is 13.5. The maximum Gasteiger partial charge on any atom is 0.336 e. The van der Waals surface area contributed by atoms with Crippen molar-refractivity contribution in [3.05, 3.63) is 63.3 Å². The minimum absolute atomic E-state index is 0.0472. The number of hydrogen-bond donors (Lipinski definition) is 2. The van der Waals surface area contributed by atoms with Crippen LogP contribution in [-0.2, 0) is 6.42 Å². The first-order valence-electron chi connectivity index (χ1n) is 8.92. The number of allylic oxidation sites excluding steroid dienone is 1. The smallest absolute Gasteiger partial charge is 0.336 e.